The minimum absolute atomic E-state index is 0.117. The molecular formula is C10H13N3O3. The van der Waals surface area contributed by atoms with Crippen LogP contribution in [-0.2, 0) is 11.3 Å². The second-order valence-electron chi connectivity index (χ2n) is 3.20. The first-order chi connectivity index (χ1) is 7.54. The summed E-state index contributed by atoms with van der Waals surface area (Å²) in [4.78, 5) is 33.5. The van der Waals surface area contributed by atoms with Crippen LogP contribution in [0.15, 0.2) is 23.1 Å². The third-order valence-corrected chi connectivity index (χ3v) is 1.96. The molecule has 0 aromatic carbocycles. The Morgan fingerprint density at radius 2 is 2.12 bits per heavy atom. The number of nitrogens with two attached hydrogens (primary N) is 1. The van der Waals surface area contributed by atoms with Gasteiger partial charge in [-0.25, -0.2) is 0 Å². The van der Waals surface area contributed by atoms with E-state index in [-0.39, 0.29) is 23.6 Å². The lowest BCUT2D eigenvalue weighted by Crippen LogP contribution is -2.32. The van der Waals surface area contributed by atoms with Crippen LogP contribution in [0.1, 0.15) is 17.3 Å². The van der Waals surface area contributed by atoms with Crippen LogP contribution in [0, 0.1) is 0 Å². The molecule has 6 heteroatoms. The fourth-order valence-corrected chi connectivity index (χ4v) is 1.21. The Hall–Kier alpha value is -2.11. The Kier molecular flexibility index (Phi) is 3.82. The maximum atomic E-state index is 11.4. The second-order valence-corrected chi connectivity index (χ2v) is 3.20. The molecule has 0 aliphatic carbocycles. The van der Waals surface area contributed by atoms with Crippen molar-refractivity contribution < 1.29 is 9.59 Å². The molecule has 0 saturated carbocycles. The van der Waals surface area contributed by atoms with Crippen molar-refractivity contribution in [2.75, 3.05) is 6.54 Å². The topological polar surface area (TPSA) is 94.2 Å². The van der Waals surface area contributed by atoms with Gasteiger partial charge in [0.2, 0.25) is 11.8 Å². The molecule has 0 radical (unpaired) electrons. The summed E-state index contributed by atoms with van der Waals surface area (Å²) in [6.07, 6.45) is 1.28. The van der Waals surface area contributed by atoms with Crippen molar-refractivity contribution in [2.45, 2.75) is 13.5 Å². The average molecular weight is 223 g/mol. The van der Waals surface area contributed by atoms with Crippen molar-refractivity contribution in [1.82, 2.24) is 9.88 Å². The zero-order valence-corrected chi connectivity index (χ0v) is 8.90. The molecule has 1 heterocycles. The molecule has 2 amide bonds. The minimum Gasteiger partial charge on any atom is -0.366 e. The summed E-state index contributed by atoms with van der Waals surface area (Å²) in [5.74, 6) is -0.920. The molecule has 0 spiro atoms. The summed E-state index contributed by atoms with van der Waals surface area (Å²) < 4.78 is 1.14. The maximum Gasteiger partial charge on any atom is 0.251 e. The van der Waals surface area contributed by atoms with Gasteiger partial charge in [0.05, 0.1) is 5.56 Å². The zero-order chi connectivity index (χ0) is 12.1. The standard InChI is InChI=1S/C10H13N3O3/c1-2-12-8(14)6-13-5-7(10(11)16)3-4-9(13)15/h3-5H,2,6H2,1H3,(H2,11,16)(H,12,14). The number of primary amides is 1. The monoisotopic (exact) mass is 223 g/mol. The number of carbonyl (C=O) groups is 2. The van der Waals surface area contributed by atoms with Gasteiger partial charge in [-0.3, -0.25) is 14.4 Å². The number of pyridine rings is 1. The van der Waals surface area contributed by atoms with E-state index in [9.17, 15) is 14.4 Å². The van der Waals surface area contributed by atoms with Crippen LogP contribution in [0.2, 0.25) is 0 Å². The Bertz CT molecular complexity index is 465. The molecule has 0 saturated heterocycles. The smallest absolute Gasteiger partial charge is 0.251 e. The van der Waals surface area contributed by atoms with Crippen LogP contribution in [0.4, 0.5) is 0 Å². The zero-order valence-electron chi connectivity index (χ0n) is 8.90. The number of hydrogen-bond donors (Lipinski definition) is 2. The predicted molar refractivity (Wildman–Crippen MR) is 57.9 cm³/mol. The van der Waals surface area contributed by atoms with E-state index >= 15 is 0 Å². The lowest BCUT2D eigenvalue weighted by atomic mass is 10.2. The molecule has 6 nitrogen and oxygen atoms in total. The second kappa shape index (κ2) is 5.11. The molecule has 0 aliphatic rings. The normalized spacial score (nSPS) is 9.81. The fourth-order valence-electron chi connectivity index (χ4n) is 1.21. The maximum absolute atomic E-state index is 11.4. The van der Waals surface area contributed by atoms with E-state index in [1.807, 2.05) is 0 Å². The summed E-state index contributed by atoms with van der Waals surface area (Å²) in [5, 5.41) is 2.56. The highest BCUT2D eigenvalue weighted by atomic mass is 16.2. The van der Waals surface area contributed by atoms with Gasteiger partial charge < -0.3 is 15.6 Å². The minimum atomic E-state index is -0.635. The Morgan fingerprint density at radius 3 is 2.69 bits per heavy atom. The summed E-state index contributed by atoms with van der Waals surface area (Å²) in [6, 6.07) is 2.54. The molecular weight excluding hydrogens is 210 g/mol. The summed E-state index contributed by atoms with van der Waals surface area (Å²) >= 11 is 0. The van der Waals surface area contributed by atoms with Gasteiger partial charge in [-0.2, -0.15) is 0 Å². The van der Waals surface area contributed by atoms with Gasteiger partial charge in [-0.05, 0) is 13.0 Å². The number of rotatable bonds is 4. The molecule has 1 rings (SSSR count). The lowest BCUT2D eigenvalue weighted by molar-refractivity contribution is -0.121. The SMILES string of the molecule is CCNC(=O)Cn1cc(C(N)=O)ccc1=O. The van der Waals surface area contributed by atoms with E-state index in [1.54, 1.807) is 6.92 Å². The van der Waals surface area contributed by atoms with Crippen LogP contribution in [0.5, 0.6) is 0 Å². The van der Waals surface area contributed by atoms with Crippen molar-refractivity contribution in [3.05, 3.63) is 34.2 Å². The largest absolute Gasteiger partial charge is 0.366 e. The van der Waals surface area contributed by atoms with Gasteiger partial charge in [0.1, 0.15) is 6.54 Å². The van der Waals surface area contributed by atoms with Crippen molar-refractivity contribution >= 4 is 11.8 Å². The molecule has 86 valence electrons. The lowest BCUT2D eigenvalue weighted by Gasteiger charge is -2.06. The number of likely N-dealkylation sites (N-methyl/N-ethyl adjacent to an activating group) is 1. The highest BCUT2D eigenvalue weighted by molar-refractivity contribution is 5.92. The van der Waals surface area contributed by atoms with Crippen LogP contribution >= 0.6 is 0 Å². The first-order valence-electron chi connectivity index (χ1n) is 4.81. The Balaban J connectivity index is 2.94. The number of aromatic nitrogens is 1. The van der Waals surface area contributed by atoms with Gasteiger partial charge in [0, 0.05) is 18.8 Å². The van der Waals surface area contributed by atoms with Crippen molar-refractivity contribution in [3.63, 3.8) is 0 Å². The van der Waals surface area contributed by atoms with E-state index < -0.39 is 5.91 Å². The molecule has 1 aromatic heterocycles. The molecule has 0 fully saturated rings. The fraction of sp³-hybridized carbons (Fsp3) is 0.300. The van der Waals surface area contributed by atoms with Gasteiger partial charge in [-0.15, -0.1) is 0 Å². The summed E-state index contributed by atoms with van der Waals surface area (Å²) in [6.45, 7) is 2.15. The number of carbonyl (C=O) groups excluding carboxylic acids is 2. The molecule has 0 bridgehead atoms. The number of nitrogens with zero attached hydrogens (tertiary/aromatic N) is 1. The van der Waals surface area contributed by atoms with Gasteiger partial charge in [-0.1, -0.05) is 0 Å². The first-order valence-corrected chi connectivity index (χ1v) is 4.81. The van der Waals surface area contributed by atoms with E-state index in [2.05, 4.69) is 5.32 Å². The molecule has 1 aromatic rings. The first kappa shape index (κ1) is 12.0. The molecule has 0 atom stereocenters. The van der Waals surface area contributed by atoms with Crippen LogP contribution < -0.4 is 16.6 Å². The van der Waals surface area contributed by atoms with Crippen LogP contribution in [0.3, 0.4) is 0 Å². The van der Waals surface area contributed by atoms with Crippen LogP contribution in [0.25, 0.3) is 0 Å². The Morgan fingerprint density at radius 1 is 1.44 bits per heavy atom. The highest BCUT2D eigenvalue weighted by Crippen LogP contribution is 1.94. The predicted octanol–water partition coefficient (Wildman–Crippen LogP) is -0.917. The van der Waals surface area contributed by atoms with Crippen molar-refractivity contribution in [2.24, 2.45) is 5.73 Å². The van der Waals surface area contributed by atoms with E-state index in [1.165, 1.54) is 18.3 Å². The summed E-state index contributed by atoms with van der Waals surface area (Å²) in [5.41, 5.74) is 4.91. The van der Waals surface area contributed by atoms with E-state index in [0.29, 0.717) is 6.54 Å². The van der Waals surface area contributed by atoms with E-state index in [4.69, 9.17) is 5.73 Å². The molecule has 3 N–H and O–H groups in total. The third-order valence-electron chi connectivity index (χ3n) is 1.96. The number of hydrogen-bond acceptors (Lipinski definition) is 3. The molecule has 0 aliphatic heterocycles. The molecule has 16 heavy (non-hydrogen) atoms. The van der Waals surface area contributed by atoms with Crippen LogP contribution in [-0.4, -0.2) is 22.9 Å². The van der Waals surface area contributed by atoms with E-state index in [0.717, 1.165) is 4.57 Å². The Labute approximate surface area is 92.1 Å². The highest BCUT2D eigenvalue weighted by Gasteiger charge is 2.06. The van der Waals surface area contributed by atoms with Crippen molar-refractivity contribution in [3.8, 4) is 0 Å². The van der Waals surface area contributed by atoms with Gasteiger partial charge in [0.15, 0.2) is 0 Å². The molecule has 0 unspecified atom stereocenters. The van der Waals surface area contributed by atoms with Gasteiger partial charge in [0.25, 0.3) is 5.56 Å². The average Bonchev–Trinajstić information content (AvgIpc) is 2.21. The number of amides is 2. The third kappa shape index (κ3) is 2.94. The quantitative estimate of drug-likeness (QED) is 0.691. The summed E-state index contributed by atoms with van der Waals surface area (Å²) in [7, 11) is 0. The van der Waals surface area contributed by atoms with Gasteiger partial charge >= 0.3 is 0 Å². The number of nitrogens with one attached hydrogen (secondary N) is 1. The van der Waals surface area contributed by atoms with Crippen molar-refractivity contribution in [1.29, 1.82) is 0 Å².